The van der Waals surface area contributed by atoms with Gasteiger partial charge in [-0.15, -0.1) is 0 Å². The Labute approximate surface area is 115 Å². The Hall–Kier alpha value is 0.180. The van der Waals surface area contributed by atoms with Gasteiger partial charge in [-0.2, -0.15) is 29.2 Å². The highest BCUT2D eigenvalue weighted by molar-refractivity contribution is 7.99. The van der Waals surface area contributed by atoms with Crippen molar-refractivity contribution in [3.63, 3.8) is 0 Å². The Balaban J connectivity index is 2.57. The Bertz CT molecular complexity index is 335. The highest BCUT2D eigenvalue weighted by Gasteiger charge is 2.29. The number of rotatable bonds is 7. The van der Waals surface area contributed by atoms with Crippen LogP contribution in [0.3, 0.4) is 0 Å². The lowest BCUT2D eigenvalue weighted by atomic mass is 9.96. The van der Waals surface area contributed by atoms with Gasteiger partial charge >= 0.3 is 0 Å². The molecular formula is C11H24N2O3S2. The third-order valence-corrected chi connectivity index (χ3v) is 6.12. The summed E-state index contributed by atoms with van der Waals surface area (Å²) in [5.41, 5.74) is 0. The Kier molecular flexibility index (Phi) is 6.94. The molecule has 18 heavy (non-hydrogen) atoms. The molecule has 0 spiro atoms. The van der Waals surface area contributed by atoms with Crippen LogP contribution < -0.4 is 4.72 Å². The molecule has 0 aromatic rings. The van der Waals surface area contributed by atoms with Crippen molar-refractivity contribution in [2.24, 2.45) is 0 Å². The summed E-state index contributed by atoms with van der Waals surface area (Å²) in [6.45, 7) is 0.360. The molecule has 0 aromatic heterocycles. The monoisotopic (exact) mass is 296 g/mol. The second-order valence-electron chi connectivity index (χ2n) is 4.69. The van der Waals surface area contributed by atoms with Crippen molar-refractivity contribution in [1.29, 1.82) is 0 Å². The number of thioether (sulfide) groups is 1. The number of aliphatic hydroxyl groups excluding tert-OH is 1. The lowest BCUT2D eigenvalue weighted by Crippen LogP contribution is -2.49. The average molecular weight is 296 g/mol. The number of nitrogens with one attached hydrogen (secondary N) is 1. The van der Waals surface area contributed by atoms with Crippen molar-refractivity contribution < 1.29 is 13.5 Å². The molecule has 0 amide bonds. The molecule has 1 saturated carbocycles. The van der Waals surface area contributed by atoms with Gasteiger partial charge in [-0.25, -0.2) is 0 Å². The van der Waals surface area contributed by atoms with E-state index in [4.69, 9.17) is 5.11 Å². The highest BCUT2D eigenvalue weighted by atomic mass is 32.2. The van der Waals surface area contributed by atoms with E-state index in [9.17, 15) is 8.42 Å². The first-order valence-electron chi connectivity index (χ1n) is 6.38. The van der Waals surface area contributed by atoms with Gasteiger partial charge in [0.05, 0.1) is 0 Å². The normalized spacial score (nSPS) is 25.6. The number of aliphatic hydroxyl groups is 1. The van der Waals surface area contributed by atoms with Gasteiger partial charge < -0.3 is 5.11 Å². The molecule has 1 aliphatic carbocycles. The standard InChI is InChI=1S/C11H24N2O3S2/c1-13(8-5-9-14)18(15,16)12-10-6-3-4-7-11(10)17-2/h10-12,14H,3-9H2,1-2H3. The quantitative estimate of drug-likeness (QED) is 0.729. The average Bonchev–Trinajstić information content (AvgIpc) is 2.36. The maximum Gasteiger partial charge on any atom is 0.279 e. The van der Waals surface area contributed by atoms with E-state index in [1.807, 2.05) is 6.26 Å². The minimum atomic E-state index is -3.42. The molecule has 1 aliphatic rings. The predicted octanol–water partition coefficient (Wildman–Crippen LogP) is 0.809. The third-order valence-electron chi connectivity index (χ3n) is 3.35. The van der Waals surface area contributed by atoms with Gasteiger partial charge in [0.25, 0.3) is 10.2 Å². The number of hydrogen-bond acceptors (Lipinski definition) is 4. The fourth-order valence-electron chi connectivity index (χ4n) is 2.21. The zero-order valence-electron chi connectivity index (χ0n) is 11.1. The van der Waals surface area contributed by atoms with Crippen molar-refractivity contribution >= 4 is 22.0 Å². The molecule has 0 aliphatic heterocycles. The second-order valence-corrected chi connectivity index (χ2v) is 7.57. The van der Waals surface area contributed by atoms with Crippen LogP contribution in [0.4, 0.5) is 0 Å². The van der Waals surface area contributed by atoms with Crippen LogP contribution in [0.1, 0.15) is 32.1 Å². The van der Waals surface area contributed by atoms with E-state index in [2.05, 4.69) is 4.72 Å². The fraction of sp³-hybridized carbons (Fsp3) is 1.00. The zero-order chi connectivity index (χ0) is 13.6. The van der Waals surface area contributed by atoms with Crippen molar-refractivity contribution in [1.82, 2.24) is 9.03 Å². The molecule has 1 fully saturated rings. The van der Waals surface area contributed by atoms with Crippen molar-refractivity contribution in [3.8, 4) is 0 Å². The first-order chi connectivity index (χ1) is 8.51. The van der Waals surface area contributed by atoms with Crippen LogP contribution in [0.5, 0.6) is 0 Å². The van der Waals surface area contributed by atoms with E-state index >= 15 is 0 Å². The third kappa shape index (κ3) is 4.70. The minimum absolute atomic E-state index is 0.0106. The van der Waals surface area contributed by atoms with E-state index in [1.165, 1.54) is 10.7 Å². The minimum Gasteiger partial charge on any atom is -0.396 e. The summed E-state index contributed by atoms with van der Waals surface area (Å²) in [6.07, 6.45) is 6.77. The largest absolute Gasteiger partial charge is 0.396 e. The molecule has 2 atom stereocenters. The molecule has 108 valence electrons. The van der Waals surface area contributed by atoms with Crippen LogP contribution in [0.15, 0.2) is 0 Å². The van der Waals surface area contributed by atoms with Crippen molar-refractivity contribution in [2.75, 3.05) is 26.5 Å². The zero-order valence-corrected chi connectivity index (χ0v) is 12.8. The summed E-state index contributed by atoms with van der Waals surface area (Å²) in [4.78, 5) is 0. The van der Waals surface area contributed by atoms with E-state index < -0.39 is 10.2 Å². The van der Waals surface area contributed by atoms with E-state index in [0.717, 1.165) is 19.3 Å². The molecule has 7 heteroatoms. The molecule has 2 N–H and O–H groups in total. The lowest BCUT2D eigenvalue weighted by Gasteiger charge is -2.32. The molecule has 2 unspecified atom stereocenters. The number of hydrogen-bond donors (Lipinski definition) is 2. The Morgan fingerprint density at radius 2 is 2.06 bits per heavy atom. The van der Waals surface area contributed by atoms with Gasteiger partial charge in [0.15, 0.2) is 0 Å². The predicted molar refractivity (Wildman–Crippen MR) is 75.9 cm³/mol. The van der Waals surface area contributed by atoms with Crippen LogP contribution in [0.25, 0.3) is 0 Å². The molecule has 0 bridgehead atoms. The SMILES string of the molecule is CSC1CCCCC1NS(=O)(=O)N(C)CCCO. The van der Waals surface area contributed by atoms with Crippen LogP contribution in [0.2, 0.25) is 0 Å². The highest BCUT2D eigenvalue weighted by Crippen LogP contribution is 2.27. The van der Waals surface area contributed by atoms with Gasteiger partial charge in [-0.05, 0) is 25.5 Å². The van der Waals surface area contributed by atoms with Gasteiger partial charge in [0.1, 0.15) is 0 Å². The summed E-state index contributed by atoms with van der Waals surface area (Å²) in [5, 5.41) is 9.11. The first kappa shape index (κ1) is 16.2. The Morgan fingerprint density at radius 1 is 1.39 bits per heavy atom. The molecule has 1 rings (SSSR count). The van der Waals surface area contributed by atoms with Crippen LogP contribution >= 0.6 is 11.8 Å². The molecular weight excluding hydrogens is 272 g/mol. The van der Waals surface area contributed by atoms with Crippen molar-refractivity contribution in [3.05, 3.63) is 0 Å². The van der Waals surface area contributed by atoms with Crippen LogP contribution in [-0.2, 0) is 10.2 Å². The van der Waals surface area contributed by atoms with Gasteiger partial charge in [-0.3, -0.25) is 0 Å². The van der Waals surface area contributed by atoms with Crippen LogP contribution in [0, 0.1) is 0 Å². The molecule has 0 heterocycles. The molecule has 5 nitrogen and oxygen atoms in total. The summed E-state index contributed by atoms with van der Waals surface area (Å²) >= 11 is 1.74. The van der Waals surface area contributed by atoms with Gasteiger partial charge in [-0.1, -0.05) is 12.8 Å². The van der Waals surface area contributed by atoms with Gasteiger partial charge in [0, 0.05) is 31.5 Å². The Morgan fingerprint density at radius 3 is 2.67 bits per heavy atom. The smallest absolute Gasteiger partial charge is 0.279 e. The molecule has 0 saturated heterocycles. The topological polar surface area (TPSA) is 69.6 Å². The summed E-state index contributed by atoms with van der Waals surface area (Å²) < 4.78 is 28.3. The summed E-state index contributed by atoms with van der Waals surface area (Å²) in [5.74, 6) is 0. The summed E-state index contributed by atoms with van der Waals surface area (Å²) in [6, 6.07) is 0.0373. The maximum atomic E-state index is 12.1. The van der Waals surface area contributed by atoms with Gasteiger partial charge in [0.2, 0.25) is 0 Å². The molecule has 0 radical (unpaired) electrons. The van der Waals surface area contributed by atoms with E-state index in [0.29, 0.717) is 18.2 Å². The van der Waals surface area contributed by atoms with Crippen molar-refractivity contribution in [2.45, 2.75) is 43.4 Å². The van der Waals surface area contributed by atoms with E-state index in [1.54, 1.807) is 18.8 Å². The fourth-order valence-corrected chi connectivity index (χ4v) is 4.44. The second kappa shape index (κ2) is 7.69. The van der Waals surface area contributed by atoms with E-state index in [-0.39, 0.29) is 12.6 Å². The van der Waals surface area contributed by atoms with Crippen LogP contribution in [-0.4, -0.2) is 55.6 Å². The maximum absolute atomic E-state index is 12.1. The lowest BCUT2D eigenvalue weighted by molar-refractivity contribution is 0.274. The number of nitrogens with zero attached hydrogens (tertiary/aromatic N) is 1. The molecule has 0 aromatic carbocycles. The summed E-state index contributed by atoms with van der Waals surface area (Å²) in [7, 11) is -1.87. The first-order valence-corrected chi connectivity index (χ1v) is 9.11.